The fraction of sp³-hybridized carbons (Fsp3) is 1.00. The molecule has 0 amide bonds. The molecule has 4 heteroatoms. The molecular weight excluding hydrogens is 116 g/mol. The van der Waals surface area contributed by atoms with Gasteiger partial charge in [0.25, 0.3) is 0 Å². The zero-order chi connectivity index (χ0) is 6.70. The molecule has 1 aliphatic carbocycles. The number of hydrazine groups is 1. The van der Waals surface area contributed by atoms with Crippen molar-refractivity contribution in [1.82, 2.24) is 10.4 Å². The third kappa shape index (κ3) is 0.433. The molecule has 4 nitrogen and oxygen atoms in total. The molecule has 2 fully saturated rings. The lowest BCUT2D eigenvalue weighted by molar-refractivity contribution is -0.0957. The summed E-state index contributed by atoms with van der Waals surface area (Å²) in [7, 11) is 1.98. The van der Waals surface area contributed by atoms with Gasteiger partial charge in [-0.05, 0) is 12.8 Å². The molecule has 0 bridgehead atoms. The van der Waals surface area contributed by atoms with Crippen LogP contribution < -0.4 is 16.9 Å². The lowest BCUT2D eigenvalue weighted by atomic mass is 10.0. The normalized spacial score (nSPS) is 36.3. The van der Waals surface area contributed by atoms with Crippen LogP contribution in [0.4, 0.5) is 0 Å². The molecule has 1 saturated carbocycles. The lowest BCUT2D eigenvalue weighted by Gasteiger charge is -2.53. The standard InChI is InChI=1S/C5H12N4/c1-9-4(2-3-4)5(6,7)8-9/h8H,2-3,6-7H2,1H3. The SMILES string of the molecule is CN1NC(N)(N)C12CC2. The van der Waals surface area contributed by atoms with Crippen LogP contribution in [0.5, 0.6) is 0 Å². The van der Waals surface area contributed by atoms with Gasteiger partial charge in [-0.25, -0.2) is 10.4 Å². The Bertz CT molecular complexity index is 149. The topological polar surface area (TPSA) is 67.3 Å². The number of likely N-dealkylation sites (N-methyl/N-ethyl adjacent to an activating group) is 1. The van der Waals surface area contributed by atoms with E-state index in [0.717, 1.165) is 12.8 Å². The van der Waals surface area contributed by atoms with Gasteiger partial charge >= 0.3 is 0 Å². The minimum absolute atomic E-state index is 0.104. The van der Waals surface area contributed by atoms with Crippen molar-refractivity contribution in [2.24, 2.45) is 11.5 Å². The number of hydrogen-bond acceptors (Lipinski definition) is 4. The second-order valence-electron chi connectivity index (χ2n) is 3.07. The van der Waals surface area contributed by atoms with E-state index in [2.05, 4.69) is 5.43 Å². The molecule has 0 aromatic heterocycles. The van der Waals surface area contributed by atoms with E-state index in [0.29, 0.717) is 0 Å². The molecule has 1 heterocycles. The van der Waals surface area contributed by atoms with Gasteiger partial charge in [0.2, 0.25) is 0 Å². The van der Waals surface area contributed by atoms with E-state index < -0.39 is 5.79 Å². The van der Waals surface area contributed by atoms with Gasteiger partial charge in [-0.1, -0.05) is 0 Å². The van der Waals surface area contributed by atoms with Crippen LogP contribution in [0.2, 0.25) is 0 Å². The molecule has 0 aromatic rings. The Morgan fingerprint density at radius 3 is 2.11 bits per heavy atom. The summed E-state index contributed by atoms with van der Waals surface area (Å²) < 4.78 is 0. The Kier molecular flexibility index (Phi) is 0.719. The molecule has 1 saturated heterocycles. The van der Waals surface area contributed by atoms with Crippen molar-refractivity contribution in [2.45, 2.75) is 24.2 Å². The van der Waals surface area contributed by atoms with Crippen LogP contribution >= 0.6 is 0 Å². The van der Waals surface area contributed by atoms with Crippen LogP contribution in [0, 0.1) is 0 Å². The predicted octanol–water partition coefficient (Wildman–Crippen LogP) is -1.46. The molecule has 1 aliphatic heterocycles. The van der Waals surface area contributed by atoms with Crippen molar-refractivity contribution < 1.29 is 0 Å². The summed E-state index contributed by atoms with van der Waals surface area (Å²) in [5.74, 6) is -0.623. The summed E-state index contributed by atoms with van der Waals surface area (Å²) in [6, 6.07) is 0. The first-order valence-corrected chi connectivity index (χ1v) is 3.18. The molecular formula is C5H12N4. The highest BCUT2D eigenvalue weighted by Crippen LogP contribution is 2.50. The van der Waals surface area contributed by atoms with Crippen molar-refractivity contribution in [2.75, 3.05) is 7.05 Å². The second-order valence-corrected chi connectivity index (χ2v) is 3.07. The minimum atomic E-state index is -0.623. The monoisotopic (exact) mass is 128 g/mol. The largest absolute Gasteiger partial charge is 0.298 e. The van der Waals surface area contributed by atoms with Crippen LogP contribution in [-0.2, 0) is 0 Å². The Balaban J connectivity index is 2.20. The van der Waals surface area contributed by atoms with Gasteiger partial charge in [-0.2, -0.15) is 0 Å². The molecule has 5 N–H and O–H groups in total. The summed E-state index contributed by atoms with van der Waals surface area (Å²) in [6.45, 7) is 0. The number of rotatable bonds is 0. The highest BCUT2D eigenvalue weighted by Gasteiger charge is 2.67. The zero-order valence-electron chi connectivity index (χ0n) is 5.52. The fourth-order valence-electron chi connectivity index (χ4n) is 1.58. The summed E-state index contributed by atoms with van der Waals surface area (Å²) in [5.41, 5.74) is 14.4. The van der Waals surface area contributed by atoms with Gasteiger partial charge < -0.3 is 0 Å². The van der Waals surface area contributed by atoms with Crippen molar-refractivity contribution in [1.29, 1.82) is 0 Å². The lowest BCUT2D eigenvalue weighted by Crippen LogP contribution is -2.87. The molecule has 1 spiro atoms. The zero-order valence-corrected chi connectivity index (χ0v) is 5.52. The first-order chi connectivity index (χ1) is 4.08. The van der Waals surface area contributed by atoms with Crippen LogP contribution in [-0.4, -0.2) is 23.4 Å². The highest BCUT2D eigenvalue weighted by atomic mass is 15.7. The Morgan fingerprint density at radius 1 is 1.44 bits per heavy atom. The molecule has 2 aliphatic rings. The fourth-order valence-corrected chi connectivity index (χ4v) is 1.58. The smallest absolute Gasteiger partial charge is 0.151 e. The first-order valence-electron chi connectivity index (χ1n) is 3.18. The molecule has 52 valence electrons. The predicted molar refractivity (Wildman–Crippen MR) is 34.0 cm³/mol. The Labute approximate surface area is 54.1 Å². The van der Waals surface area contributed by atoms with Gasteiger partial charge in [0.15, 0.2) is 5.79 Å². The molecule has 0 radical (unpaired) electrons. The van der Waals surface area contributed by atoms with E-state index in [9.17, 15) is 0 Å². The quantitative estimate of drug-likeness (QED) is 0.349. The Morgan fingerprint density at radius 2 is 2.00 bits per heavy atom. The summed E-state index contributed by atoms with van der Waals surface area (Å²) in [6.07, 6.45) is 2.26. The maximum atomic E-state index is 5.68. The van der Waals surface area contributed by atoms with Crippen molar-refractivity contribution >= 4 is 0 Å². The molecule has 0 unspecified atom stereocenters. The van der Waals surface area contributed by atoms with E-state index in [1.165, 1.54) is 0 Å². The van der Waals surface area contributed by atoms with Crippen molar-refractivity contribution in [3.8, 4) is 0 Å². The minimum Gasteiger partial charge on any atom is -0.298 e. The van der Waals surface area contributed by atoms with E-state index in [-0.39, 0.29) is 5.54 Å². The van der Waals surface area contributed by atoms with Gasteiger partial charge in [-0.3, -0.25) is 11.5 Å². The van der Waals surface area contributed by atoms with E-state index in [1.54, 1.807) is 0 Å². The number of nitrogens with one attached hydrogen (secondary N) is 1. The molecule has 9 heavy (non-hydrogen) atoms. The third-order valence-electron chi connectivity index (χ3n) is 2.49. The number of nitrogens with zero attached hydrogens (tertiary/aromatic N) is 1. The van der Waals surface area contributed by atoms with Crippen molar-refractivity contribution in [3.05, 3.63) is 0 Å². The maximum absolute atomic E-state index is 5.68. The highest BCUT2D eigenvalue weighted by molar-refractivity contribution is 5.20. The average Bonchev–Trinajstić information content (AvgIpc) is 2.40. The first kappa shape index (κ1) is 5.61. The third-order valence-corrected chi connectivity index (χ3v) is 2.49. The summed E-state index contributed by atoms with van der Waals surface area (Å²) >= 11 is 0. The van der Waals surface area contributed by atoms with E-state index in [1.807, 2.05) is 12.1 Å². The van der Waals surface area contributed by atoms with Crippen molar-refractivity contribution in [3.63, 3.8) is 0 Å². The molecule has 0 aromatic carbocycles. The molecule has 2 rings (SSSR count). The van der Waals surface area contributed by atoms with Crippen LogP contribution in [0.1, 0.15) is 12.8 Å². The van der Waals surface area contributed by atoms with Gasteiger partial charge in [-0.15, -0.1) is 0 Å². The number of hydrogen-bond donors (Lipinski definition) is 3. The van der Waals surface area contributed by atoms with Gasteiger partial charge in [0, 0.05) is 7.05 Å². The summed E-state index contributed by atoms with van der Waals surface area (Å²) in [4.78, 5) is 0. The maximum Gasteiger partial charge on any atom is 0.151 e. The van der Waals surface area contributed by atoms with E-state index >= 15 is 0 Å². The van der Waals surface area contributed by atoms with E-state index in [4.69, 9.17) is 11.5 Å². The summed E-state index contributed by atoms with van der Waals surface area (Å²) in [5, 5.41) is 2.01. The Hall–Kier alpha value is -0.160. The van der Waals surface area contributed by atoms with Gasteiger partial charge in [0.05, 0.1) is 5.54 Å². The molecule has 0 atom stereocenters. The van der Waals surface area contributed by atoms with Crippen LogP contribution in [0.25, 0.3) is 0 Å². The van der Waals surface area contributed by atoms with Gasteiger partial charge in [0.1, 0.15) is 0 Å². The van der Waals surface area contributed by atoms with Crippen LogP contribution in [0.15, 0.2) is 0 Å². The second kappa shape index (κ2) is 1.15. The average molecular weight is 128 g/mol. The number of nitrogens with two attached hydrogens (primary N) is 2. The van der Waals surface area contributed by atoms with Crippen LogP contribution in [0.3, 0.4) is 0 Å².